The van der Waals surface area contributed by atoms with Crippen molar-refractivity contribution in [3.63, 3.8) is 0 Å². The lowest BCUT2D eigenvalue weighted by Gasteiger charge is -2.43. The number of ether oxygens (including phenoxy) is 2. The second-order valence-electron chi connectivity index (χ2n) is 6.63. The van der Waals surface area contributed by atoms with E-state index in [2.05, 4.69) is 41.9 Å². The van der Waals surface area contributed by atoms with Gasteiger partial charge in [-0.05, 0) is 43.0 Å². The molecule has 1 fully saturated rings. The fourth-order valence-corrected chi connectivity index (χ4v) is 4.09. The minimum Gasteiger partial charge on any atom is -0.493 e. The molecule has 0 radical (unpaired) electrons. The summed E-state index contributed by atoms with van der Waals surface area (Å²) in [5.74, 6) is 0.983. The minimum absolute atomic E-state index is 0.219. The molecule has 2 atom stereocenters. The van der Waals surface area contributed by atoms with Gasteiger partial charge in [0.2, 0.25) is 0 Å². The summed E-state index contributed by atoms with van der Waals surface area (Å²) in [6, 6.07) is 4.21. The Balaban J connectivity index is 1.86. The van der Waals surface area contributed by atoms with Gasteiger partial charge in [-0.3, -0.25) is 0 Å². The van der Waals surface area contributed by atoms with Crippen molar-refractivity contribution in [2.45, 2.75) is 57.2 Å². The van der Waals surface area contributed by atoms with E-state index in [1.807, 2.05) is 0 Å². The third-order valence-electron chi connectivity index (χ3n) is 4.81. The third-order valence-corrected chi connectivity index (χ3v) is 5.27. The first-order chi connectivity index (χ1) is 9.93. The van der Waals surface area contributed by atoms with Crippen LogP contribution in [0, 0.1) is 0 Å². The van der Waals surface area contributed by atoms with E-state index in [-0.39, 0.29) is 5.60 Å². The van der Waals surface area contributed by atoms with Gasteiger partial charge in [-0.2, -0.15) is 0 Å². The van der Waals surface area contributed by atoms with Crippen LogP contribution >= 0.6 is 15.9 Å². The summed E-state index contributed by atoms with van der Waals surface area (Å²) < 4.78 is 12.7. The van der Waals surface area contributed by atoms with Crippen molar-refractivity contribution < 1.29 is 14.6 Å². The zero-order valence-electron chi connectivity index (χ0n) is 12.7. The molecule has 0 amide bonds. The molecule has 0 aromatic heterocycles. The van der Waals surface area contributed by atoms with E-state index in [1.165, 1.54) is 5.56 Å². The van der Waals surface area contributed by atoms with Gasteiger partial charge in [0.05, 0.1) is 24.4 Å². The Bertz CT molecular complexity index is 545. The molecule has 0 spiro atoms. The van der Waals surface area contributed by atoms with Crippen LogP contribution in [0.4, 0.5) is 0 Å². The van der Waals surface area contributed by atoms with Crippen LogP contribution < -0.4 is 4.74 Å². The van der Waals surface area contributed by atoms with E-state index in [9.17, 15) is 5.11 Å². The Morgan fingerprint density at radius 2 is 2.14 bits per heavy atom. The lowest BCUT2D eigenvalue weighted by Crippen LogP contribution is -2.48. The molecular formula is C17H23BrO3. The van der Waals surface area contributed by atoms with Crippen molar-refractivity contribution in [1.82, 2.24) is 0 Å². The summed E-state index contributed by atoms with van der Waals surface area (Å²) in [4.78, 5) is 0. The van der Waals surface area contributed by atoms with Crippen LogP contribution in [0.1, 0.15) is 44.2 Å². The van der Waals surface area contributed by atoms with Crippen LogP contribution in [0.5, 0.6) is 5.75 Å². The fourth-order valence-electron chi connectivity index (χ4n) is 3.53. The number of benzene rings is 1. The second-order valence-corrected chi connectivity index (χ2v) is 7.55. The van der Waals surface area contributed by atoms with E-state index in [0.717, 1.165) is 35.2 Å². The summed E-state index contributed by atoms with van der Waals surface area (Å²) in [6.45, 7) is 5.58. The van der Waals surface area contributed by atoms with Crippen molar-refractivity contribution >= 4 is 15.9 Å². The van der Waals surface area contributed by atoms with Gasteiger partial charge in [-0.1, -0.05) is 22.9 Å². The predicted octanol–water partition coefficient (Wildman–Crippen LogP) is 3.64. The SMILES string of the molecule is CCC1(C)CC(O)(Cc2cc(Br)cc3c2OCC3)CCO1. The number of fused-ring (bicyclic) bond motifs is 1. The molecule has 2 heterocycles. The average molecular weight is 355 g/mol. The molecule has 21 heavy (non-hydrogen) atoms. The van der Waals surface area contributed by atoms with Gasteiger partial charge in [0, 0.05) is 23.7 Å². The maximum Gasteiger partial charge on any atom is 0.125 e. The minimum atomic E-state index is -0.705. The summed E-state index contributed by atoms with van der Waals surface area (Å²) in [5, 5.41) is 11.1. The largest absolute Gasteiger partial charge is 0.493 e. The van der Waals surface area contributed by atoms with Crippen molar-refractivity contribution in [1.29, 1.82) is 0 Å². The molecular weight excluding hydrogens is 332 g/mol. The normalized spacial score (nSPS) is 31.8. The Labute approximate surface area is 134 Å². The Hall–Kier alpha value is -0.580. The average Bonchev–Trinajstić information content (AvgIpc) is 2.86. The Morgan fingerprint density at radius 1 is 1.33 bits per heavy atom. The lowest BCUT2D eigenvalue weighted by molar-refractivity contribution is -0.153. The molecule has 2 aliphatic rings. The molecule has 0 bridgehead atoms. The van der Waals surface area contributed by atoms with Crippen LogP contribution in [-0.4, -0.2) is 29.5 Å². The van der Waals surface area contributed by atoms with E-state index >= 15 is 0 Å². The first kappa shape index (κ1) is 15.3. The first-order valence-corrected chi connectivity index (χ1v) is 8.53. The molecule has 0 aliphatic carbocycles. The molecule has 1 aromatic rings. The molecule has 3 nitrogen and oxygen atoms in total. The molecule has 1 N–H and O–H groups in total. The maximum atomic E-state index is 11.1. The molecule has 0 saturated carbocycles. The van der Waals surface area contributed by atoms with Gasteiger partial charge in [-0.25, -0.2) is 0 Å². The highest BCUT2D eigenvalue weighted by Gasteiger charge is 2.41. The highest BCUT2D eigenvalue weighted by atomic mass is 79.9. The van der Waals surface area contributed by atoms with Gasteiger partial charge in [0.25, 0.3) is 0 Å². The quantitative estimate of drug-likeness (QED) is 0.900. The number of halogens is 1. The summed E-state index contributed by atoms with van der Waals surface area (Å²) in [7, 11) is 0. The lowest BCUT2D eigenvalue weighted by atomic mass is 9.78. The van der Waals surface area contributed by atoms with Crippen molar-refractivity contribution in [3.8, 4) is 5.75 Å². The third kappa shape index (κ3) is 3.13. The standard InChI is InChI=1S/C17H23BrO3/c1-3-16(2)11-17(19,5-7-21-16)10-13-9-14(18)8-12-4-6-20-15(12)13/h8-9,19H,3-7,10-11H2,1-2H3. The number of hydrogen-bond acceptors (Lipinski definition) is 3. The molecule has 116 valence electrons. The zero-order valence-corrected chi connectivity index (χ0v) is 14.3. The van der Waals surface area contributed by atoms with E-state index < -0.39 is 5.60 Å². The van der Waals surface area contributed by atoms with Gasteiger partial charge in [0.15, 0.2) is 0 Å². The van der Waals surface area contributed by atoms with Gasteiger partial charge in [-0.15, -0.1) is 0 Å². The molecule has 3 rings (SSSR count). The molecule has 4 heteroatoms. The fraction of sp³-hybridized carbons (Fsp3) is 0.647. The van der Waals surface area contributed by atoms with Crippen molar-refractivity contribution in [2.24, 2.45) is 0 Å². The smallest absolute Gasteiger partial charge is 0.125 e. The van der Waals surface area contributed by atoms with Crippen LogP contribution in [0.25, 0.3) is 0 Å². The number of aliphatic hydroxyl groups is 1. The molecule has 2 aliphatic heterocycles. The second kappa shape index (κ2) is 5.56. The zero-order chi connectivity index (χ0) is 15.1. The maximum absolute atomic E-state index is 11.1. The van der Waals surface area contributed by atoms with Crippen molar-refractivity contribution in [2.75, 3.05) is 13.2 Å². The number of hydrogen-bond donors (Lipinski definition) is 1. The first-order valence-electron chi connectivity index (χ1n) is 7.73. The van der Waals surface area contributed by atoms with E-state index in [1.54, 1.807) is 0 Å². The monoisotopic (exact) mass is 354 g/mol. The van der Waals surface area contributed by atoms with Gasteiger partial charge >= 0.3 is 0 Å². The van der Waals surface area contributed by atoms with E-state index in [4.69, 9.17) is 9.47 Å². The highest BCUT2D eigenvalue weighted by molar-refractivity contribution is 9.10. The molecule has 1 saturated heterocycles. The summed E-state index contributed by atoms with van der Waals surface area (Å²) in [6.07, 6.45) is 3.87. The summed E-state index contributed by atoms with van der Waals surface area (Å²) >= 11 is 3.57. The van der Waals surface area contributed by atoms with Gasteiger partial charge < -0.3 is 14.6 Å². The van der Waals surface area contributed by atoms with Crippen molar-refractivity contribution in [3.05, 3.63) is 27.7 Å². The van der Waals surface area contributed by atoms with E-state index in [0.29, 0.717) is 25.9 Å². The topological polar surface area (TPSA) is 38.7 Å². The van der Waals surface area contributed by atoms with Crippen LogP contribution in [0.3, 0.4) is 0 Å². The summed E-state index contributed by atoms with van der Waals surface area (Å²) in [5.41, 5.74) is 1.43. The van der Waals surface area contributed by atoms with Crippen LogP contribution in [0.2, 0.25) is 0 Å². The van der Waals surface area contributed by atoms with Crippen LogP contribution in [-0.2, 0) is 17.6 Å². The van der Waals surface area contributed by atoms with Gasteiger partial charge in [0.1, 0.15) is 5.75 Å². The molecule has 2 unspecified atom stereocenters. The number of rotatable bonds is 3. The Kier molecular flexibility index (Phi) is 4.06. The van der Waals surface area contributed by atoms with Crippen LogP contribution in [0.15, 0.2) is 16.6 Å². The highest BCUT2D eigenvalue weighted by Crippen LogP contribution is 2.40. The molecule has 1 aromatic carbocycles. The Morgan fingerprint density at radius 3 is 2.90 bits per heavy atom. The predicted molar refractivity (Wildman–Crippen MR) is 85.9 cm³/mol.